The maximum absolute atomic E-state index is 7.54. The molecule has 0 aliphatic carbocycles. The van der Waals surface area contributed by atoms with Gasteiger partial charge in [-0.3, -0.25) is 0 Å². The van der Waals surface area contributed by atoms with Gasteiger partial charge in [-0.1, -0.05) is 45.6 Å². The molecule has 0 heterocycles. The van der Waals surface area contributed by atoms with Crippen LogP contribution in [0.2, 0.25) is 0 Å². The van der Waals surface area contributed by atoms with Crippen molar-refractivity contribution in [1.82, 2.24) is 0 Å². The van der Waals surface area contributed by atoms with E-state index in [1.807, 2.05) is 0 Å². The van der Waals surface area contributed by atoms with Crippen LogP contribution in [0.25, 0.3) is 0 Å². The smallest absolute Gasteiger partial charge is 0.0267 e. The van der Waals surface area contributed by atoms with Gasteiger partial charge in [0.25, 0.3) is 0 Å². The topological polar surface area (TPSA) is 0 Å². The molecule has 44 valence electrons. The van der Waals surface area contributed by atoms with Gasteiger partial charge in [-0.05, 0) is 0 Å². The summed E-state index contributed by atoms with van der Waals surface area (Å²) in [5, 5.41) is 0. The quantitative estimate of drug-likeness (QED) is 0.530. The molecule has 0 spiro atoms. The minimum atomic E-state index is -4.13. The Morgan fingerprint density at radius 3 is 2.14 bits per heavy atom. The van der Waals surface area contributed by atoms with E-state index in [9.17, 15) is 0 Å². The summed E-state index contributed by atoms with van der Waals surface area (Å²) in [4.78, 5) is 0. The molecule has 0 radical (unpaired) electrons. The molecule has 0 aliphatic heterocycles. The zero-order valence-corrected chi connectivity index (χ0v) is 3.50. The van der Waals surface area contributed by atoms with Gasteiger partial charge in [0.05, 0.1) is 0 Å². The molecular weight excluding hydrogens is 84.1 g/mol. The van der Waals surface area contributed by atoms with E-state index in [-0.39, 0.29) is 0 Å². The highest BCUT2D eigenvalue weighted by atomic mass is 13.9. The van der Waals surface area contributed by atoms with Crippen molar-refractivity contribution in [2.24, 2.45) is 0 Å². The van der Waals surface area contributed by atoms with Crippen LogP contribution < -0.4 is 0 Å². The van der Waals surface area contributed by atoms with Gasteiger partial charge in [0.15, 0.2) is 0 Å². The summed E-state index contributed by atoms with van der Waals surface area (Å²) >= 11 is 0. The Labute approximate surface area is 69.4 Å². The van der Waals surface area contributed by atoms with Crippen LogP contribution in [0.1, 0.15) is 67.5 Å². The van der Waals surface area contributed by atoms with Gasteiger partial charge in [-0.2, -0.15) is 0 Å². The third-order valence-corrected chi connectivity index (χ3v) is 0.250. The lowest BCUT2D eigenvalue weighted by Crippen LogP contribution is -1.70. The van der Waals surface area contributed by atoms with Crippen LogP contribution >= 0.6 is 0 Å². The third kappa shape index (κ3) is 6.00. The summed E-state index contributed by atoms with van der Waals surface area (Å²) in [5.74, 6) is 0. The molecule has 0 heteroatoms. The van der Waals surface area contributed by atoms with Gasteiger partial charge in [-0.15, -0.1) is 0 Å². The van der Waals surface area contributed by atoms with Gasteiger partial charge < -0.3 is 0 Å². The van der Waals surface area contributed by atoms with Crippen molar-refractivity contribution in [3.8, 4) is 0 Å². The second kappa shape index (κ2) is 6.00. The van der Waals surface area contributed by atoms with E-state index >= 15 is 0 Å². The maximum atomic E-state index is 7.54. The van der Waals surface area contributed by atoms with Gasteiger partial charge in [-0.25, -0.2) is 0 Å². The van der Waals surface area contributed by atoms with E-state index in [0.29, 0.717) is 0 Å². The molecule has 0 saturated heterocycles. The van der Waals surface area contributed by atoms with Crippen LogP contribution in [0.3, 0.4) is 0 Å². The van der Waals surface area contributed by atoms with Crippen LogP contribution in [0.15, 0.2) is 0 Å². The van der Waals surface area contributed by atoms with Crippen molar-refractivity contribution >= 4 is 0 Å². The van der Waals surface area contributed by atoms with E-state index in [4.69, 9.17) is 21.9 Å². The van der Waals surface area contributed by atoms with Crippen LogP contribution in [0.5, 0.6) is 0 Å². The van der Waals surface area contributed by atoms with E-state index < -0.39 is 45.6 Å². The number of hydrogen-bond donors (Lipinski definition) is 0. The molecule has 0 amide bonds. The van der Waals surface area contributed by atoms with E-state index in [2.05, 4.69) is 0 Å². The first-order chi connectivity index (χ1) is 9.50. The Morgan fingerprint density at radius 1 is 1.14 bits per heavy atom. The lowest BCUT2D eigenvalue weighted by atomic mass is 10.2. The van der Waals surface area contributed by atoms with Crippen molar-refractivity contribution in [2.45, 2.75) is 45.6 Å². The minimum absolute atomic E-state index is 3.70. The fourth-order valence-electron chi connectivity index (χ4n) is 0.0938. The summed E-state index contributed by atoms with van der Waals surface area (Å²) in [6.07, 6.45) is -20.1. The van der Waals surface area contributed by atoms with Crippen LogP contribution in [0, 0.1) is 0 Å². The van der Waals surface area contributed by atoms with Crippen LogP contribution in [0.4, 0.5) is 0 Å². The van der Waals surface area contributed by atoms with Crippen molar-refractivity contribution in [3.05, 3.63) is 0 Å². The van der Waals surface area contributed by atoms with E-state index in [0.717, 1.165) is 0 Å². The molecular formula is C7H16. The molecule has 0 saturated carbocycles. The maximum Gasteiger partial charge on any atom is 0.0267 e. The average molecular weight is 116 g/mol. The fraction of sp³-hybridized carbons (Fsp3) is 1.00. The molecule has 0 aromatic carbocycles. The van der Waals surface area contributed by atoms with Crippen molar-refractivity contribution < 1.29 is 21.9 Å². The Bertz CT molecular complexity index is 394. The molecule has 0 unspecified atom stereocenters. The highest BCUT2D eigenvalue weighted by Crippen LogP contribution is 2.00. The van der Waals surface area contributed by atoms with E-state index in [1.165, 1.54) is 0 Å². The zero-order valence-electron chi connectivity index (χ0n) is 19.5. The Balaban J connectivity index is 6.37. The number of rotatable bonds is 4. The van der Waals surface area contributed by atoms with Gasteiger partial charge in [0.1, 0.15) is 0 Å². The lowest BCUT2D eigenvalue weighted by molar-refractivity contribution is 0.656. The molecule has 0 aliphatic rings. The summed E-state index contributed by atoms with van der Waals surface area (Å²) in [5.41, 5.74) is 0. The first-order valence-corrected chi connectivity index (χ1v) is 1.50. The van der Waals surface area contributed by atoms with Crippen LogP contribution in [-0.2, 0) is 0 Å². The second-order valence-electron chi connectivity index (χ2n) is 0.625. The zero-order chi connectivity index (χ0) is 19.5. The Hall–Kier alpha value is 0. The monoisotopic (exact) mass is 116 g/mol. The molecule has 0 aromatic rings. The number of hydrogen-bond acceptors (Lipinski definition) is 0. The summed E-state index contributed by atoms with van der Waals surface area (Å²) < 4.78 is 116. The highest BCUT2D eigenvalue weighted by Gasteiger charge is 1.80. The third-order valence-electron chi connectivity index (χ3n) is 0.250. The van der Waals surface area contributed by atoms with Crippen molar-refractivity contribution in [3.63, 3.8) is 0 Å². The van der Waals surface area contributed by atoms with Crippen molar-refractivity contribution in [2.75, 3.05) is 0 Å². The second-order valence-corrected chi connectivity index (χ2v) is 0.625. The molecule has 0 rings (SSSR count). The predicted octanol–water partition coefficient (Wildman–Crippen LogP) is 2.98. The normalized spacial score (nSPS) is 57.1. The molecule has 0 fully saturated rings. The molecule has 0 atom stereocenters. The average Bonchev–Trinajstić information content (AvgIpc) is 2.24. The fourth-order valence-corrected chi connectivity index (χ4v) is 0.0938. The largest absolute Gasteiger partial charge is 0.0654 e. The summed E-state index contributed by atoms with van der Waals surface area (Å²) in [6, 6.07) is 0. The van der Waals surface area contributed by atoms with Gasteiger partial charge in [0.2, 0.25) is 0 Å². The first-order valence-electron chi connectivity index (χ1n) is 9.50. The first kappa shape index (κ1) is 0.521. The standard InChI is InChI=1S/C7H16/c1-3-5-7-6-4-2/h3-7H2,1-2H3/i1D3,2D3,3D2,4D2,5D2,6D2,7D2. The summed E-state index contributed by atoms with van der Waals surface area (Å²) in [6.45, 7) is -7.40. The van der Waals surface area contributed by atoms with Gasteiger partial charge >= 0.3 is 0 Å². The molecule has 7 heavy (non-hydrogen) atoms. The minimum Gasteiger partial charge on any atom is -0.0654 e. The van der Waals surface area contributed by atoms with Gasteiger partial charge in [0, 0.05) is 21.9 Å². The molecule has 0 aromatic heterocycles. The summed E-state index contributed by atoms with van der Waals surface area (Å²) in [7, 11) is 0. The van der Waals surface area contributed by atoms with Crippen molar-refractivity contribution in [1.29, 1.82) is 0 Å². The van der Waals surface area contributed by atoms with E-state index in [1.54, 1.807) is 0 Å². The highest BCUT2D eigenvalue weighted by molar-refractivity contribution is 4.35. The molecule has 0 bridgehead atoms. The lowest BCUT2D eigenvalue weighted by Gasteiger charge is -1.90. The Morgan fingerprint density at radius 2 is 1.71 bits per heavy atom. The van der Waals surface area contributed by atoms with Crippen LogP contribution in [-0.4, -0.2) is 0 Å². The molecule has 0 N–H and O–H groups in total. The predicted molar refractivity (Wildman–Crippen MR) is 34.4 cm³/mol. The molecule has 0 nitrogen and oxygen atoms in total. The Kier molecular flexibility index (Phi) is 0.446. The SMILES string of the molecule is [2H]C([2H])([2H])C([2H])([2H])C([2H])([2H])C([2H])([2H])C([2H])([2H])C([2H])([2H])C([2H])([2H])[2H].